The molecular weight excluding hydrogens is 527 g/mol. The zero-order valence-electron chi connectivity index (χ0n) is 22.0. The molecule has 40 heavy (non-hydrogen) atoms. The molecule has 1 aliphatic heterocycles. The molecule has 0 bridgehead atoms. The zero-order chi connectivity index (χ0) is 28.7. The summed E-state index contributed by atoms with van der Waals surface area (Å²) >= 11 is 0. The molecule has 0 fully saturated rings. The molecule has 0 spiro atoms. The smallest absolute Gasteiger partial charge is 0.416 e. The number of anilines is 1. The highest BCUT2D eigenvalue weighted by Crippen LogP contribution is 2.32. The molecular formula is C28H26F3N5O4. The number of alkyl halides is 3. The average molecular weight is 554 g/mol. The van der Waals surface area contributed by atoms with E-state index in [1.807, 2.05) is 0 Å². The quantitative estimate of drug-likeness (QED) is 0.306. The Morgan fingerprint density at radius 3 is 2.58 bits per heavy atom. The second kappa shape index (κ2) is 10.2. The van der Waals surface area contributed by atoms with E-state index < -0.39 is 29.5 Å². The molecule has 9 nitrogen and oxygen atoms in total. The monoisotopic (exact) mass is 553 g/mol. The fraction of sp³-hybridized carbons (Fsp3) is 0.286. The van der Waals surface area contributed by atoms with Gasteiger partial charge in [-0.3, -0.25) is 4.57 Å². The lowest BCUT2D eigenvalue weighted by molar-refractivity contribution is -0.137. The number of hydrogen-bond donors (Lipinski definition) is 1. The first-order valence-electron chi connectivity index (χ1n) is 12.5. The number of ether oxygens (including phenoxy) is 2. The van der Waals surface area contributed by atoms with Gasteiger partial charge in [0.05, 0.1) is 28.9 Å². The van der Waals surface area contributed by atoms with Gasteiger partial charge in [-0.25, -0.2) is 19.6 Å². The maximum Gasteiger partial charge on any atom is 0.416 e. The Hall–Kier alpha value is -4.61. The number of amides is 2. The summed E-state index contributed by atoms with van der Waals surface area (Å²) in [5.74, 6) is 0.748. The Morgan fingerprint density at radius 2 is 1.82 bits per heavy atom. The van der Waals surface area contributed by atoms with Crippen LogP contribution in [0.5, 0.6) is 11.6 Å². The summed E-state index contributed by atoms with van der Waals surface area (Å²) in [5.41, 5.74) is 0.527. The van der Waals surface area contributed by atoms with E-state index in [1.165, 1.54) is 29.2 Å². The highest BCUT2D eigenvalue weighted by molar-refractivity contribution is 5.98. The zero-order valence-corrected chi connectivity index (χ0v) is 22.0. The minimum absolute atomic E-state index is 0.0237. The number of nitrogens with zero attached hydrogens (tertiary/aromatic N) is 4. The summed E-state index contributed by atoms with van der Waals surface area (Å²) in [6, 6.07) is 10.5. The van der Waals surface area contributed by atoms with Crippen molar-refractivity contribution in [2.75, 3.05) is 11.9 Å². The van der Waals surface area contributed by atoms with Crippen LogP contribution in [-0.4, -0.2) is 43.7 Å². The van der Waals surface area contributed by atoms with Crippen molar-refractivity contribution in [3.05, 3.63) is 77.9 Å². The number of benzene rings is 2. The normalized spacial score (nSPS) is 13.6. The van der Waals surface area contributed by atoms with E-state index in [2.05, 4.69) is 15.3 Å². The number of fused-ring (bicyclic) bond motifs is 2. The number of rotatable bonds is 3. The fourth-order valence-electron chi connectivity index (χ4n) is 4.32. The van der Waals surface area contributed by atoms with E-state index in [-0.39, 0.29) is 12.2 Å². The van der Waals surface area contributed by atoms with Crippen molar-refractivity contribution < 1.29 is 32.2 Å². The molecule has 5 rings (SSSR count). The van der Waals surface area contributed by atoms with E-state index in [1.54, 1.807) is 49.9 Å². The summed E-state index contributed by atoms with van der Waals surface area (Å²) < 4.78 is 52.0. The maximum absolute atomic E-state index is 13.0. The topological polar surface area (TPSA) is 98.6 Å². The SMILES string of the molecule is CC(C)(C)OC(=O)N1CCc2ncnc(Oc3ccc4c(ccn4C(=O)Nc4cccc(C(F)(F)F)c4)c3)c2C1. The van der Waals surface area contributed by atoms with Gasteiger partial charge in [-0.05, 0) is 63.2 Å². The molecule has 3 heterocycles. The number of aromatic nitrogens is 3. The van der Waals surface area contributed by atoms with Crippen molar-refractivity contribution in [2.24, 2.45) is 0 Å². The van der Waals surface area contributed by atoms with Crippen LogP contribution in [-0.2, 0) is 23.9 Å². The minimum atomic E-state index is -4.52. The van der Waals surface area contributed by atoms with E-state index in [0.29, 0.717) is 41.1 Å². The molecule has 1 N–H and O–H groups in total. The Kier molecular flexibility index (Phi) is 6.86. The largest absolute Gasteiger partial charge is 0.444 e. The van der Waals surface area contributed by atoms with Gasteiger partial charge in [0.2, 0.25) is 5.88 Å². The van der Waals surface area contributed by atoms with Gasteiger partial charge in [0.25, 0.3) is 0 Å². The summed E-state index contributed by atoms with van der Waals surface area (Å²) in [6.07, 6.45) is -1.50. The number of carbonyl (C=O) groups is 2. The summed E-state index contributed by atoms with van der Waals surface area (Å²) in [7, 11) is 0. The predicted octanol–water partition coefficient (Wildman–Crippen LogP) is 6.62. The van der Waals surface area contributed by atoms with Crippen molar-refractivity contribution in [1.82, 2.24) is 19.4 Å². The third-order valence-electron chi connectivity index (χ3n) is 6.15. The van der Waals surface area contributed by atoms with E-state index in [4.69, 9.17) is 9.47 Å². The number of nitrogens with one attached hydrogen (secondary N) is 1. The molecule has 0 unspecified atom stereocenters. The van der Waals surface area contributed by atoms with E-state index in [9.17, 15) is 22.8 Å². The first-order chi connectivity index (χ1) is 18.9. The van der Waals surface area contributed by atoms with E-state index >= 15 is 0 Å². The van der Waals surface area contributed by atoms with Gasteiger partial charge >= 0.3 is 18.3 Å². The second-order valence-corrected chi connectivity index (χ2v) is 10.3. The Morgan fingerprint density at radius 1 is 1.02 bits per heavy atom. The highest BCUT2D eigenvalue weighted by Gasteiger charge is 2.31. The standard InChI is InChI=1S/C28H26F3N5O4/c1-27(2,3)40-26(38)35-11-10-22-21(15-35)24(33-16-32-22)39-20-7-8-23-17(13-20)9-12-36(23)25(37)34-19-6-4-5-18(14-19)28(29,30)31/h4-9,12-14,16H,10-11,15H2,1-3H3,(H,34,37). The predicted molar refractivity (Wildman–Crippen MR) is 140 cm³/mol. The van der Waals surface area contributed by atoms with Crippen LogP contribution in [0.15, 0.2) is 61.1 Å². The van der Waals surface area contributed by atoms with Gasteiger partial charge in [-0.1, -0.05) is 6.07 Å². The van der Waals surface area contributed by atoms with Gasteiger partial charge in [0.1, 0.15) is 17.7 Å². The van der Waals surface area contributed by atoms with Crippen LogP contribution in [0.4, 0.5) is 28.4 Å². The summed E-state index contributed by atoms with van der Waals surface area (Å²) in [5, 5.41) is 3.16. The van der Waals surface area contributed by atoms with Crippen molar-refractivity contribution in [3.8, 4) is 11.6 Å². The van der Waals surface area contributed by atoms with Gasteiger partial charge in [0.15, 0.2) is 0 Å². The molecule has 12 heteroatoms. The summed E-state index contributed by atoms with van der Waals surface area (Å²) in [4.78, 5) is 35.6. The third kappa shape index (κ3) is 5.85. The van der Waals surface area contributed by atoms with Crippen molar-refractivity contribution >= 4 is 28.7 Å². The van der Waals surface area contributed by atoms with Crippen molar-refractivity contribution in [2.45, 2.75) is 45.5 Å². The number of hydrogen-bond acceptors (Lipinski definition) is 6. The molecule has 2 aromatic carbocycles. The first-order valence-corrected chi connectivity index (χ1v) is 12.5. The molecule has 0 saturated heterocycles. The molecule has 208 valence electrons. The number of halogens is 3. The van der Waals surface area contributed by atoms with Crippen LogP contribution in [0.2, 0.25) is 0 Å². The van der Waals surface area contributed by atoms with Crippen molar-refractivity contribution in [1.29, 1.82) is 0 Å². The van der Waals surface area contributed by atoms with Crippen LogP contribution < -0.4 is 10.1 Å². The van der Waals surface area contributed by atoms with Crippen LogP contribution >= 0.6 is 0 Å². The van der Waals surface area contributed by atoms with Gasteiger partial charge < -0.3 is 19.7 Å². The van der Waals surface area contributed by atoms with Crippen LogP contribution in [0.3, 0.4) is 0 Å². The Labute approximate surface area is 227 Å². The van der Waals surface area contributed by atoms with Crippen LogP contribution in [0.25, 0.3) is 10.9 Å². The molecule has 0 saturated carbocycles. The highest BCUT2D eigenvalue weighted by atomic mass is 19.4. The van der Waals surface area contributed by atoms with Crippen LogP contribution in [0, 0.1) is 0 Å². The Balaban J connectivity index is 1.33. The minimum Gasteiger partial charge on any atom is -0.444 e. The lowest BCUT2D eigenvalue weighted by atomic mass is 10.1. The average Bonchev–Trinajstić information content (AvgIpc) is 3.31. The van der Waals surface area contributed by atoms with Gasteiger partial charge in [-0.15, -0.1) is 0 Å². The van der Waals surface area contributed by atoms with Gasteiger partial charge in [-0.2, -0.15) is 13.2 Å². The first kappa shape index (κ1) is 27.0. The van der Waals surface area contributed by atoms with Gasteiger partial charge in [0, 0.05) is 30.2 Å². The van der Waals surface area contributed by atoms with Crippen molar-refractivity contribution in [3.63, 3.8) is 0 Å². The molecule has 0 aliphatic carbocycles. The molecule has 0 radical (unpaired) electrons. The molecule has 1 aliphatic rings. The second-order valence-electron chi connectivity index (χ2n) is 10.3. The molecule has 2 aromatic heterocycles. The lowest BCUT2D eigenvalue weighted by Gasteiger charge is -2.31. The summed E-state index contributed by atoms with van der Waals surface area (Å²) in [6.45, 7) is 6.10. The molecule has 2 amide bonds. The van der Waals surface area contributed by atoms with E-state index in [0.717, 1.165) is 17.8 Å². The maximum atomic E-state index is 13.0. The Bertz CT molecular complexity index is 1590. The van der Waals surface area contributed by atoms with Crippen LogP contribution in [0.1, 0.15) is 37.6 Å². The number of carbonyl (C=O) groups excluding carboxylic acids is 2. The lowest BCUT2D eigenvalue weighted by Crippen LogP contribution is -2.40. The fourth-order valence-corrected chi connectivity index (χ4v) is 4.32. The molecule has 4 aromatic rings. The molecule has 0 atom stereocenters. The third-order valence-corrected chi connectivity index (χ3v) is 6.15.